The monoisotopic (exact) mass is 543 g/mol. The highest BCUT2D eigenvalue weighted by Gasteiger charge is 2.33. The summed E-state index contributed by atoms with van der Waals surface area (Å²) in [6.45, 7) is 1.10. The summed E-state index contributed by atoms with van der Waals surface area (Å²) < 4.78 is 1.60. The lowest BCUT2D eigenvalue weighted by Gasteiger charge is -2.38. The van der Waals surface area contributed by atoms with Crippen LogP contribution in [-0.4, -0.2) is 54.5 Å². The van der Waals surface area contributed by atoms with Crippen molar-refractivity contribution in [3.8, 4) is 0 Å². The molecule has 11 nitrogen and oxygen atoms in total. The minimum atomic E-state index is -0.0790. The smallest absolute Gasteiger partial charge is 0.257 e. The molecule has 0 unspecified atom stereocenters. The van der Waals surface area contributed by atoms with Crippen LogP contribution in [0.2, 0.25) is 5.02 Å². The van der Waals surface area contributed by atoms with Crippen LogP contribution in [-0.2, 0) is 24.7 Å². The van der Waals surface area contributed by atoms with E-state index in [-0.39, 0.29) is 17.7 Å². The molecule has 1 fully saturated rings. The van der Waals surface area contributed by atoms with Crippen LogP contribution in [0.15, 0.2) is 55.2 Å². The standard InChI is InChI=1S/C27H26ClN9O2/c1-36-15-19(10-31-36)26(39)37-13-17(14-37)7-24(38)34-23-5-4-20-8-18(23)3-2-16-6-21(11-29-9-16)33-27-30-12-22(28)25(32-20)35-27/h4-6,8-12,15,17H,2-3,7,13-14H2,1H3,(H,34,38)(H2,30,32,33,35). The van der Waals surface area contributed by atoms with Gasteiger partial charge in [-0.15, -0.1) is 0 Å². The predicted octanol–water partition coefficient (Wildman–Crippen LogP) is 3.95. The Balaban J connectivity index is 1.16. The molecule has 198 valence electrons. The van der Waals surface area contributed by atoms with Crippen LogP contribution < -0.4 is 16.0 Å². The molecule has 0 spiro atoms. The number of benzene rings is 1. The van der Waals surface area contributed by atoms with Gasteiger partial charge in [-0.05, 0) is 48.2 Å². The molecule has 2 amide bonds. The van der Waals surface area contributed by atoms with E-state index in [2.05, 4.69) is 36.0 Å². The Labute approximate surface area is 229 Å². The fraction of sp³-hybridized carbons (Fsp3) is 0.259. The minimum absolute atomic E-state index is 0.0567. The van der Waals surface area contributed by atoms with Gasteiger partial charge in [0.25, 0.3) is 5.91 Å². The van der Waals surface area contributed by atoms with Crippen molar-refractivity contribution in [3.63, 3.8) is 0 Å². The van der Waals surface area contributed by atoms with Crippen LogP contribution in [0.1, 0.15) is 27.9 Å². The SMILES string of the molecule is Cn1cc(C(=O)N2CC(CC(=O)Nc3ccc4cc3CCc3cncc(c3)Nc3ncc(Cl)c(n3)N4)C2)cn1. The average Bonchev–Trinajstić information content (AvgIpc) is 3.33. The number of hydrogen-bond acceptors (Lipinski definition) is 8. The Morgan fingerprint density at radius 1 is 1.08 bits per heavy atom. The van der Waals surface area contributed by atoms with Crippen LogP contribution in [0.25, 0.3) is 0 Å². The third-order valence-corrected chi connectivity index (χ3v) is 7.07. The first kappa shape index (κ1) is 24.8. The second-order valence-corrected chi connectivity index (χ2v) is 10.2. The second kappa shape index (κ2) is 10.3. The predicted molar refractivity (Wildman–Crippen MR) is 148 cm³/mol. The molecule has 5 heterocycles. The summed E-state index contributed by atoms with van der Waals surface area (Å²) in [5.74, 6) is 0.854. The Morgan fingerprint density at radius 3 is 2.77 bits per heavy atom. The van der Waals surface area contributed by atoms with Crippen molar-refractivity contribution in [2.75, 3.05) is 29.0 Å². The summed E-state index contributed by atoms with van der Waals surface area (Å²) in [6.07, 6.45) is 10.1. The van der Waals surface area contributed by atoms with Gasteiger partial charge in [-0.3, -0.25) is 19.3 Å². The van der Waals surface area contributed by atoms with Gasteiger partial charge in [0.15, 0.2) is 5.82 Å². The molecule has 0 radical (unpaired) electrons. The van der Waals surface area contributed by atoms with Crippen LogP contribution in [0, 0.1) is 5.92 Å². The molecule has 6 bridgehead atoms. The number of aromatic nitrogens is 5. The first-order valence-electron chi connectivity index (χ1n) is 12.6. The zero-order valence-corrected chi connectivity index (χ0v) is 21.9. The Morgan fingerprint density at radius 2 is 1.95 bits per heavy atom. The number of nitrogens with zero attached hydrogens (tertiary/aromatic N) is 6. The summed E-state index contributed by atoms with van der Waals surface area (Å²) in [7, 11) is 1.78. The van der Waals surface area contributed by atoms with E-state index in [9.17, 15) is 9.59 Å². The third kappa shape index (κ3) is 5.53. The molecular weight excluding hydrogens is 518 g/mol. The molecule has 4 aromatic rings. The van der Waals surface area contributed by atoms with Crippen LogP contribution in [0.5, 0.6) is 0 Å². The molecule has 0 saturated carbocycles. The summed E-state index contributed by atoms with van der Waals surface area (Å²) >= 11 is 6.35. The van der Waals surface area contributed by atoms with Gasteiger partial charge in [-0.25, -0.2) is 4.98 Å². The normalized spacial score (nSPS) is 14.6. The van der Waals surface area contributed by atoms with E-state index in [0.29, 0.717) is 48.3 Å². The molecule has 1 aromatic carbocycles. The summed E-state index contributed by atoms with van der Waals surface area (Å²) in [5, 5.41) is 14.0. The number of nitrogens with one attached hydrogen (secondary N) is 3. The third-order valence-electron chi connectivity index (χ3n) is 6.79. The highest BCUT2D eigenvalue weighted by Crippen LogP contribution is 2.30. The average molecular weight is 544 g/mol. The van der Waals surface area contributed by atoms with E-state index in [1.807, 2.05) is 30.5 Å². The maximum Gasteiger partial charge on any atom is 0.257 e. The Kier molecular flexibility index (Phi) is 6.57. The van der Waals surface area contributed by atoms with Crippen molar-refractivity contribution >= 4 is 52.2 Å². The Hall–Kier alpha value is -4.51. The molecule has 3 N–H and O–H groups in total. The lowest BCUT2D eigenvalue weighted by atomic mass is 9.95. The van der Waals surface area contributed by atoms with Crippen LogP contribution in [0.4, 0.5) is 28.8 Å². The van der Waals surface area contributed by atoms with Crippen molar-refractivity contribution < 1.29 is 9.59 Å². The first-order chi connectivity index (χ1) is 18.9. The molecule has 0 atom stereocenters. The van der Waals surface area contributed by atoms with E-state index in [1.165, 1.54) is 6.20 Å². The van der Waals surface area contributed by atoms with E-state index in [1.54, 1.807) is 35.2 Å². The molecule has 6 rings (SSSR count). The molecule has 3 aromatic heterocycles. The summed E-state index contributed by atoms with van der Waals surface area (Å²) in [5.41, 5.74) is 4.89. The quantitative estimate of drug-likeness (QED) is 0.353. The molecule has 1 saturated heterocycles. The van der Waals surface area contributed by atoms with Crippen molar-refractivity contribution in [3.05, 3.63) is 77.0 Å². The van der Waals surface area contributed by atoms with Gasteiger partial charge < -0.3 is 20.9 Å². The second-order valence-electron chi connectivity index (χ2n) is 9.83. The molecular formula is C27H26ClN9O2. The lowest BCUT2D eigenvalue weighted by molar-refractivity contribution is -0.118. The zero-order valence-electron chi connectivity index (χ0n) is 21.2. The number of halogens is 1. The minimum Gasteiger partial charge on any atom is -0.339 e. The first-order valence-corrected chi connectivity index (χ1v) is 13.0. The fourth-order valence-electron chi connectivity index (χ4n) is 4.80. The van der Waals surface area contributed by atoms with E-state index >= 15 is 0 Å². The van der Waals surface area contributed by atoms with Crippen molar-refractivity contribution in [1.82, 2.24) is 29.6 Å². The number of fused-ring (bicyclic) bond motifs is 6. The topological polar surface area (TPSA) is 130 Å². The highest BCUT2D eigenvalue weighted by molar-refractivity contribution is 6.32. The van der Waals surface area contributed by atoms with Gasteiger partial charge in [-0.1, -0.05) is 11.6 Å². The largest absolute Gasteiger partial charge is 0.339 e. The van der Waals surface area contributed by atoms with Crippen LogP contribution in [0.3, 0.4) is 0 Å². The van der Waals surface area contributed by atoms with Gasteiger partial charge in [0.1, 0.15) is 5.02 Å². The number of rotatable bonds is 4. The zero-order chi connectivity index (χ0) is 26.9. The van der Waals surface area contributed by atoms with E-state index in [4.69, 9.17) is 11.6 Å². The number of hydrogen-bond donors (Lipinski definition) is 3. The van der Waals surface area contributed by atoms with Crippen molar-refractivity contribution in [2.45, 2.75) is 19.3 Å². The highest BCUT2D eigenvalue weighted by atomic mass is 35.5. The van der Waals surface area contributed by atoms with Crippen LogP contribution >= 0.6 is 11.6 Å². The molecule has 2 aliphatic rings. The van der Waals surface area contributed by atoms with Gasteiger partial charge >= 0.3 is 0 Å². The van der Waals surface area contributed by atoms with Gasteiger partial charge in [0.2, 0.25) is 11.9 Å². The molecule has 2 aliphatic heterocycles. The number of likely N-dealkylation sites (tertiary alicyclic amines) is 1. The number of aryl methyl sites for hydroxylation is 3. The molecule has 39 heavy (non-hydrogen) atoms. The molecule has 12 heteroatoms. The summed E-state index contributed by atoms with van der Waals surface area (Å²) in [4.78, 5) is 40.4. The van der Waals surface area contributed by atoms with Crippen molar-refractivity contribution in [2.24, 2.45) is 13.0 Å². The van der Waals surface area contributed by atoms with E-state index < -0.39 is 0 Å². The maximum atomic E-state index is 13.0. The fourth-order valence-corrected chi connectivity index (χ4v) is 4.93. The van der Waals surface area contributed by atoms with E-state index in [0.717, 1.165) is 34.6 Å². The molecule has 0 aliphatic carbocycles. The van der Waals surface area contributed by atoms with Gasteiger partial charge in [0.05, 0.1) is 29.8 Å². The number of carbonyl (C=O) groups is 2. The van der Waals surface area contributed by atoms with Gasteiger partial charge in [-0.2, -0.15) is 10.1 Å². The number of carbonyl (C=O) groups excluding carboxylic acids is 2. The van der Waals surface area contributed by atoms with Crippen molar-refractivity contribution in [1.29, 1.82) is 0 Å². The number of pyridine rings is 1. The number of anilines is 5. The summed E-state index contributed by atoms with van der Waals surface area (Å²) in [6, 6.07) is 7.77. The Bertz CT molecular complexity index is 1560. The number of amides is 2. The van der Waals surface area contributed by atoms with Gasteiger partial charge in [0, 0.05) is 56.2 Å². The lowest BCUT2D eigenvalue weighted by Crippen LogP contribution is -2.50. The maximum absolute atomic E-state index is 13.0.